The van der Waals surface area contributed by atoms with Crippen LogP contribution in [0.5, 0.6) is 0 Å². The van der Waals surface area contributed by atoms with Gasteiger partial charge in [-0.05, 0) is 36.5 Å². The molecule has 2 N–H and O–H groups in total. The van der Waals surface area contributed by atoms with Crippen molar-refractivity contribution in [1.29, 1.82) is 0 Å². The Morgan fingerprint density at radius 1 is 1.30 bits per heavy atom. The van der Waals surface area contributed by atoms with Crippen LogP contribution in [0.2, 0.25) is 0 Å². The smallest absolute Gasteiger partial charge is 0.00983 e. The van der Waals surface area contributed by atoms with Crippen LogP contribution in [0.25, 0.3) is 0 Å². The Balaban J connectivity index is 2.28. The Hall–Kier alpha value is -0.0400. The summed E-state index contributed by atoms with van der Waals surface area (Å²) in [5.41, 5.74) is 7.17. The lowest BCUT2D eigenvalue weighted by Gasteiger charge is -2.29. The highest BCUT2D eigenvalue weighted by Crippen LogP contribution is 2.60. The van der Waals surface area contributed by atoms with Crippen LogP contribution in [-0.2, 0) is 0 Å². The summed E-state index contributed by atoms with van der Waals surface area (Å²) in [7, 11) is 0. The van der Waals surface area contributed by atoms with E-state index in [1.807, 2.05) is 0 Å². The minimum atomic E-state index is 0.492. The lowest BCUT2D eigenvalue weighted by Crippen LogP contribution is -2.35. The summed E-state index contributed by atoms with van der Waals surface area (Å²) < 4.78 is 0. The highest BCUT2D eigenvalue weighted by molar-refractivity contribution is 5.07. The number of hydrogen-bond acceptors (Lipinski definition) is 1. The third-order valence-corrected chi connectivity index (χ3v) is 3.74. The average molecular weight is 139 g/mol. The molecule has 0 radical (unpaired) electrons. The Morgan fingerprint density at radius 3 is 2.20 bits per heavy atom. The average Bonchev–Trinajstić information content (AvgIpc) is 2.17. The molecule has 2 bridgehead atoms. The molecule has 2 aliphatic rings. The molecule has 2 aliphatic carbocycles. The molecule has 1 nitrogen and oxygen atoms in total. The van der Waals surface area contributed by atoms with Gasteiger partial charge in [0, 0.05) is 6.04 Å². The molecule has 10 heavy (non-hydrogen) atoms. The molecule has 1 heteroatoms. The van der Waals surface area contributed by atoms with Crippen molar-refractivity contribution >= 4 is 0 Å². The zero-order valence-corrected chi connectivity index (χ0v) is 6.98. The van der Waals surface area contributed by atoms with Crippen molar-refractivity contribution in [3.8, 4) is 0 Å². The molecule has 2 fully saturated rings. The van der Waals surface area contributed by atoms with Gasteiger partial charge in [0.2, 0.25) is 0 Å². The third-order valence-electron chi connectivity index (χ3n) is 3.74. The molecule has 2 saturated carbocycles. The van der Waals surface area contributed by atoms with Crippen molar-refractivity contribution in [3.05, 3.63) is 0 Å². The van der Waals surface area contributed by atoms with Gasteiger partial charge >= 0.3 is 0 Å². The molecule has 0 spiro atoms. The number of nitrogens with two attached hydrogens (primary N) is 1. The van der Waals surface area contributed by atoms with E-state index in [1.54, 1.807) is 0 Å². The summed E-state index contributed by atoms with van der Waals surface area (Å²) in [4.78, 5) is 0. The van der Waals surface area contributed by atoms with E-state index in [1.165, 1.54) is 25.7 Å². The summed E-state index contributed by atoms with van der Waals surface area (Å²) in [6, 6.07) is 0.492. The van der Waals surface area contributed by atoms with Crippen molar-refractivity contribution in [1.82, 2.24) is 0 Å². The maximum atomic E-state index is 6.04. The molecule has 3 atom stereocenters. The van der Waals surface area contributed by atoms with Gasteiger partial charge in [0.25, 0.3) is 0 Å². The molecule has 0 saturated heterocycles. The summed E-state index contributed by atoms with van der Waals surface area (Å²) >= 11 is 0. The third kappa shape index (κ3) is 0.672. The summed E-state index contributed by atoms with van der Waals surface area (Å²) in [5.74, 6) is 0. The fourth-order valence-electron chi connectivity index (χ4n) is 3.01. The van der Waals surface area contributed by atoms with E-state index < -0.39 is 0 Å². The largest absolute Gasteiger partial charge is 0.327 e. The van der Waals surface area contributed by atoms with Gasteiger partial charge in [0.05, 0.1) is 0 Å². The molecule has 0 aliphatic heterocycles. The zero-order valence-electron chi connectivity index (χ0n) is 6.98. The zero-order chi connectivity index (χ0) is 7.41. The molecule has 0 aromatic carbocycles. The topological polar surface area (TPSA) is 26.0 Å². The highest BCUT2D eigenvalue weighted by atomic mass is 14.8. The first-order valence-corrected chi connectivity index (χ1v) is 4.30. The van der Waals surface area contributed by atoms with Crippen LogP contribution >= 0.6 is 0 Å². The summed E-state index contributed by atoms with van der Waals surface area (Å²) in [6.45, 7) is 4.75. The molecule has 2 rings (SSSR count). The van der Waals surface area contributed by atoms with Gasteiger partial charge in [-0.25, -0.2) is 0 Å². The number of rotatable bonds is 0. The van der Waals surface area contributed by atoms with E-state index in [9.17, 15) is 0 Å². The monoisotopic (exact) mass is 139 g/mol. The molecule has 0 amide bonds. The standard InChI is InChI=1S/C9H17N/c1-8-3-4-9(2,6-8)7(10)5-8/h7H,3-6,10H2,1-2H3. The van der Waals surface area contributed by atoms with Gasteiger partial charge in [-0.3, -0.25) is 0 Å². The second-order valence-electron chi connectivity index (χ2n) is 4.95. The Morgan fingerprint density at radius 2 is 2.00 bits per heavy atom. The van der Waals surface area contributed by atoms with Gasteiger partial charge in [-0.15, -0.1) is 0 Å². The van der Waals surface area contributed by atoms with Crippen molar-refractivity contribution in [2.75, 3.05) is 0 Å². The Kier molecular flexibility index (Phi) is 1.05. The van der Waals surface area contributed by atoms with E-state index in [-0.39, 0.29) is 0 Å². The normalized spacial score (nSPS) is 59.7. The van der Waals surface area contributed by atoms with Crippen molar-refractivity contribution in [3.63, 3.8) is 0 Å². The van der Waals surface area contributed by atoms with Crippen LogP contribution in [0.4, 0.5) is 0 Å². The summed E-state index contributed by atoms with van der Waals surface area (Å²) in [6.07, 6.45) is 5.42. The lowest BCUT2D eigenvalue weighted by atomic mass is 9.80. The Labute approximate surface area is 63.0 Å². The maximum absolute atomic E-state index is 6.04. The van der Waals surface area contributed by atoms with E-state index in [0.29, 0.717) is 16.9 Å². The number of hydrogen-bond donors (Lipinski definition) is 1. The molecule has 3 unspecified atom stereocenters. The fourth-order valence-corrected chi connectivity index (χ4v) is 3.01. The quantitative estimate of drug-likeness (QED) is 0.545. The second kappa shape index (κ2) is 1.58. The van der Waals surface area contributed by atoms with Gasteiger partial charge in [-0.1, -0.05) is 13.8 Å². The van der Waals surface area contributed by atoms with Crippen LogP contribution in [0.1, 0.15) is 39.5 Å². The first kappa shape index (κ1) is 6.66. The molecule has 0 aromatic heterocycles. The molecule has 0 heterocycles. The van der Waals surface area contributed by atoms with Gasteiger partial charge < -0.3 is 5.73 Å². The molecular weight excluding hydrogens is 122 g/mol. The lowest BCUT2D eigenvalue weighted by molar-refractivity contribution is 0.264. The highest BCUT2D eigenvalue weighted by Gasteiger charge is 2.53. The van der Waals surface area contributed by atoms with Crippen LogP contribution in [0.3, 0.4) is 0 Å². The predicted molar refractivity (Wildman–Crippen MR) is 42.7 cm³/mol. The van der Waals surface area contributed by atoms with E-state index in [4.69, 9.17) is 5.73 Å². The molecule has 0 aromatic rings. The van der Waals surface area contributed by atoms with Crippen molar-refractivity contribution in [2.24, 2.45) is 16.6 Å². The van der Waals surface area contributed by atoms with Crippen LogP contribution in [-0.4, -0.2) is 6.04 Å². The molecular formula is C9H17N. The van der Waals surface area contributed by atoms with Crippen LogP contribution < -0.4 is 5.73 Å². The van der Waals surface area contributed by atoms with Crippen LogP contribution in [0.15, 0.2) is 0 Å². The van der Waals surface area contributed by atoms with E-state index in [2.05, 4.69) is 13.8 Å². The van der Waals surface area contributed by atoms with Crippen molar-refractivity contribution in [2.45, 2.75) is 45.6 Å². The SMILES string of the molecule is CC12CCC(C)(C1)C(N)C2. The maximum Gasteiger partial charge on any atom is 0.00983 e. The summed E-state index contributed by atoms with van der Waals surface area (Å²) in [5, 5.41) is 0. The first-order chi connectivity index (χ1) is 4.54. The van der Waals surface area contributed by atoms with Crippen molar-refractivity contribution < 1.29 is 0 Å². The van der Waals surface area contributed by atoms with Crippen LogP contribution in [0, 0.1) is 10.8 Å². The number of fused-ring (bicyclic) bond motifs is 2. The van der Waals surface area contributed by atoms with E-state index in [0.717, 1.165) is 0 Å². The minimum Gasteiger partial charge on any atom is -0.327 e. The minimum absolute atomic E-state index is 0.492. The second-order valence-corrected chi connectivity index (χ2v) is 4.95. The van der Waals surface area contributed by atoms with Gasteiger partial charge in [0.1, 0.15) is 0 Å². The fraction of sp³-hybridized carbons (Fsp3) is 1.00. The van der Waals surface area contributed by atoms with E-state index >= 15 is 0 Å². The molecule has 58 valence electrons. The first-order valence-electron chi connectivity index (χ1n) is 4.30. The Bertz CT molecular complexity index is 166. The van der Waals surface area contributed by atoms with Gasteiger partial charge in [0.15, 0.2) is 0 Å². The van der Waals surface area contributed by atoms with Gasteiger partial charge in [-0.2, -0.15) is 0 Å². The predicted octanol–water partition coefficient (Wildman–Crippen LogP) is 1.91.